The summed E-state index contributed by atoms with van der Waals surface area (Å²) in [5.41, 5.74) is 2.49. The molecule has 4 nitrogen and oxygen atoms in total. The van der Waals surface area contributed by atoms with E-state index >= 15 is 0 Å². The van der Waals surface area contributed by atoms with Crippen LogP contribution in [0.3, 0.4) is 0 Å². The van der Waals surface area contributed by atoms with E-state index in [1.54, 1.807) is 11.3 Å². The molecule has 0 unspecified atom stereocenters. The molecule has 0 fully saturated rings. The third-order valence-electron chi connectivity index (χ3n) is 2.71. The van der Waals surface area contributed by atoms with Gasteiger partial charge in [-0.05, 0) is 53.1 Å². The lowest BCUT2D eigenvalue weighted by atomic mass is 10.2. The van der Waals surface area contributed by atoms with Crippen molar-refractivity contribution in [1.29, 1.82) is 5.26 Å². The number of aryl methyl sites for hydroxylation is 1. The van der Waals surface area contributed by atoms with Crippen molar-refractivity contribution in [2.45, 2.75) is 18.4 Å². The molecule has 6 heteroatoms. The van der Waals surface area contributed by atoms with Gasteiger partial charge in [-0.2, -0.15) is 16.6 Å². The summed E-state index contributed by atoms with van der Waals surface area (Å²) >= 11 is 1.55. The van der Waals surface area contributed by atoms with Gasteiger partial charge in [0.25, 0.3) is 0 Å². The molecule has 0 aliphatic carbocycles. The normalized spacial score (nSPS) is 11.2. The van der Waals surface area contributed by atoms with Crippen molar-refractivity contribution in [1.82, 2.24) is 4.72 Å². The number of thiophene rings is 1. The number of sulfonamides is 1. The minimum Gasteiger partial charge on any atom is -0.207 e. The van der Waals surface area contributed by atoms with Gasteiger partial charge >= 0.3 is 0 Å². The second-order valence-corrected chi connectivity index (χ2v) is 6.55. The van der Waals surface area contributed by atoms with Crippen LogP contribution in [0.15, 0.2) is 39.9 Å². The van der Waals surface area contributed by atoms with E-state index in [1.807, 2.05) is 23.8 Å². The van der Waals surface area contributed by atoms with Crippen LogP contribution in [0.4, 0.5) is 0 Å². The molecule has 0 saturated carbocycles. The zero-order valence-electron chi connectivity index (χ0n) is 10.3. The Morgan fingerprint density at radius 2 is 1.95 bits per heavy atom. The number of nitrogens with one attached hydrogen (secondary N) is 1. The van der Waals surface area contributed by atoms with Gasteiger partial charge in [0.15, 0.2) is 0 Å². The third-order valence-corrected chi connectivity index (χ3v) is 5.04. The van der Waals surface area contributed by atoms with Crippen LogP contribution >= 0.6 is 11.3 Å². The van der Waals surface area contributed by atoms with E-state index in [1.165, 1.54) is 24.3 Å². The molecule has 0 aliphatic rings. The Morgan fingerprint density at radius 3 is 2.47 bits per heavy atom. The fourth-order valence-electron chi connectivity index (χ4n) is 1.53. The van der Waals surface area contributed by atoms with Crippen molar-refractivity contribution < 1.29 is 8.42 Å². The molecular weight excluding hydrogens is 280 g/mol. The van der Waals surface area contributed by atoms with Crippen molar-refractivity contribution in [2.24, 2.45) is 0 Å². The predicted octanol–water partition coefficient (Wildman–Crippen LogP) is 2.41. The predicted molar refractivity (Wildman–Crippen MR) is 74.2 cm³/mol. The standard InChI is InChI=1S/C13H12N2O2S2/c1-10-8-18-9-12(10)7-15-19(16,17)13-4-2-11(6-14)3-5-13/h2-5,8-9,15H,7H2,1H3. The smallest absolute Gasteiger partial charge is 0.207 e. The van der Waals surface area contributed by atoms with Crippen molar-refractivity contribution in [3.05, 3.63) is 51.7 Å². The molecule has 0 aliphatic heterocycles. The Morgan fingerprint density at radius 1 is 1.26 bits per heavy atom. The summed E-state index contributed by atoms with van der Waals surface area (Å²) in [4.78, 5) is 0.166. The Bertz CT molecular complexity index is 710. The lowest BCUT2D eigenvalue weighted by Crippen LogP contribution is -2.23. The Balaban J connectivity index is 2.14. The summed E-state index contributed by atoms with van der Waals surface area (Å²) in [6, 6.07) is 7.80. The molecule has 1 heterocycles. The lowest BCUT2D eigenvalue weighted by molar-refractivity contribution is 0.581. The van der Waals surface area contributed by atoms with Gasteiger partial charge in [0.05, 0.1) is 16.5 Å². The summed E-state index contributed by atoms with van der Waals surface area (Å²) in [5.74, 6) is 0. The molecule has 98 valence electrons. The molecular formula is C13H12N2O2S2. The van der Waals surface area contributed by atoms with Crippen molar-refractivity contribution in [3.8, 4) is 6.07 Å². The molecule has 0 bridgehead atoms. The van der Waals surface area contributed by atoms with Crippen LogP contribution in [0, 0.1) is 18.3 Å². The zero-order valence-corrected chi connectivity index (χ0v) is 11.9. The highest BCUT2D eigenvalue weighted by atomic mass is 32.2. The third kappa shape index (κ3) is 3.20. The van der Waals surface area contributed by atoms with Crippen LogP contribution in [-0.4, -0.2) is 8.42 Å². The number of rotatable bonds is 4. The Hall–Kier alpha value is -1.68. The second kappa shape index (κ2) is 5.53. The zero-order chi connectivity index (χ0) is 13.9. The maximum Gasteiger partial charge on any atom is 0.240 e. The van der Waals surface area contributed by atoms with Crippen molar-refractivity contribution in [2.75, 3.05) is 0 Å². The fourth-order valence-corrected chi connectivity index (χ4v) is 3.40. The van der Waals surface area contributed by atoms with E-state index in [2.05, 4.69) is 4.72 Å². The van der Waals surface area contributed by atoms with Crippen LogP contribution in [0.5, 0.6) is 0 Å². The Labute approximate surface area is 116 Å². The molecule has 1 aromatic heterocycles. The first-order valence-corrected chi connectivity index (χ1v) is 7.97. The Kier molecular flexibility index (Phi) is 4.00. The van der Waals surface area contributed by atoms with Crippen LogP contribution in [0.25, 0.3) is 0 Å². The topological polar surface area (TPSA) is 70.0 Å². The summed E-state index contributed by atoms with van der Waals surface area (Å²) in [6.45, 7) is 2.22. The molecule has 2 rings (SSSR count). The van der Waals surface area contributed by atoms with Gasteiger partial charge in [-0.1, -0.05) is 0 Å². The number of hydrogen-bond donors (Lipinski definition) is 1. The van der Waals surface area contributed by atoms with Crippen molar-refractivity contribution in [3.63, 3.8) is 0 Å². The van der Waals surface area contributed by atoms with Gasteiger partial charge < -0.3 is 0 Å². The largest absolute Gasteiger partial charge is 0.240 e. The van der Waals surface area contributed by atoms with Crippen LogP contribution in [-0.2, 0) is 16.6 Å². The molecule has 0 spiro atoms. The molecule has 0 saturated heterocycles. The van der Waals surface area contributed by atoms with Gasteiger partial charge in [0.2, 0.25) is 10.0 Å². The molecule has 0 radical (unpaired) electrons. The molecule has 19 heavy (non-hydrogen) atoms. The van der Waals surface area contributed by atoms with Crippen LogP contribution in [0.2, 0.25) is 0 Å². The molecule has 1 aromatic carbocycles. The first-order valence-electron chi connectivity index (χ1n) is 5.54. The number of hydrogen-bond acceptors (Lipinski definition) is 4. The summed E-state index contributed by atoms with van der Waals surface area (Å²) in [7, 11) is -3.53. The van der Waals surface area contributed by atoms with E-state index < -0.39 is 10.0 Å². The quantitative estimate of drug-likeness (QED) is 0.940. The van der Waals surface area contributed by atoms with E-state index in [0.29, 0.717) is 5.56 Å². The monoisotopic (exact) mass is 292 g/mol. The van der Waals surface area contributed by atoms with Gasteiger partial charge in [-0.15, -0.1) is 0 Å². The van der Waals surface area contributed by atoms with Crippen molar-refractivity contribution >= 4 is 21.4 Å². The van der Waals surface area contributed by atoms with Gasteiger partial charge in [-0.25, -0.2) is 13.1 Å². The maximum absolute atomic E-state index is 12.0. The molecule has 0 atom stereocenters. The average molecular weight is 292 g/mol. The van der Waals surface area contributed by atoms with E-state index in [4.69, 9.17) is 5.26 Å². The fraction of sp³-hybridized carbons (Fsp3) is 0.154. The lowest BCUT2D eigenvalue weighted by Gasteiger charge is -2.06. The highest BCUT2D eigenvalue weighted by Crippen LogP contribution is 2.15. The number of nitrogens with zero attached hydrogens (tertiary/aromatic N) is 1. The van der Waals surface area contributed by atoms with Crippen LogP contribution in [0.1, 0.15) is 16.7 Å². The first-order chi connectivity index (χ1) is 9.03. The molecule has 1 N–H and O–H groups in total. The maximum atomic E-state index is 12.0. The number of benzene rings is 1. The highest BCUT2D eigenvalue weighted by Gasteiger charge is 2.14. The molecule has 0 amide bonds. The first kappa shape index (κ1) is 13.7. The van der Waals surface area contributed by atoms with E-state index in [9.17, 15) is 8.42 Å². The minimum absolute atomic E-state index is 0.166. The SMILES string of the molecule is Cc1cscc1CNS(=O)(=O)c1ccc(C#N)cc1. The summed E-state index contributed by atoms with van der Waals surface area (Å²) in [6.07, 6.45) is 0. The molecule has 2 aromatic rings. The average Bonchev–Trinajstić information content (AvgIpc) is 2.82. The van der Waals surface area contributed by atoms with Gasteiger partial charge in [0.1, 0.15) is 0 Å². The summed E-state index contributed by atoms with van der Waals surface area (Å²) < 4.78 is 26.6. The van der Waals surface area contributed by atoms with Gasteiger partial charge in [0, 0.05) is 6.54 Å². The second-order valence-electron chi connectivity index (χ2n) is 4.04. The van der Waals surface area contributed by atoms with Crippen LogP contribution < -0.4 is 4.72 Å². The number of nitriles is 1. The van der Waals surface area contributed by atoms with E-state index in [-0.39, 0.29) is 11.4 Å². The summed E-state index contributed by atoms with van der Waals surface area (Å²) in [5, 5.41) is 12.6. The van der Waals surface area contributed by atoms with Gasteiger partial charge in [-0.3, -0.25) is 0 Å². The minimum atomic E-state index is -3.53. The van der Waals surface area contributed by atoms with E-state index in [0.717, 1.165) is 11.1 Å². The highest BCUT2D eigenvalue weighted by molar-refractivity contribution is 7.89.